The maximum absolute atomic E-state index is 13.9. The number of imidazole rings is 1. The molecule has 6 rings (SSSR count). The van der Waals surface area contributed by atoms with Gasteiger partial charge in [-0.1, -0.05) is 17.7 Å². The maximum Gasteiger partial charge on any atom is 0.433 e. The van der Waals surface area contributed by atoms with E-state index in [4.69, 9.17) is 22.1 Å². The number of halogens is 4. The molecule has 36 heavy (non-hydrogen) atoms. The van der Waals surface area contributed by atoms with Crippen molar-refractivity contribution >= 4 is 39.9 Å². The number of benzene rings is 1. The van der Waals surface area contributed by atoms with Crippen molar-refractivity contribution in [2.45, 2.75) is 44.7 Å². The highest BCUT2D eigenvalue weighted by atomic mass is 35.5. The van der Waals surface area contributed by atoms with E-state index in [1.165, 1.54) is 6.07 Å². The van der Waals surface area contributed by atoms with Crippen LogP contribution in [0.5, 0.6) is 0 Å². The molecule has 1 amide bonds. The van der Waals surface area contributed by atoms with E-state index >= 15 is 0 Å². The second-order valence-corrected chi connectivity index (χ2v) is 9.44. The zero-order valence-electron chi connectivity index (χ0n) is 19.0. The van der Waals surface area contributed by atoms with Crippen LogP contribution in [0, 0.1) is 6.92 Å². The fraction of sp³-hybridized carbons (Fsp3) is 0.333. The Morgan fingerprint density at radius 1 is 1.25 bits per heavy atom. The third-order valence-corrected chi connectivity index (χ3v) is 7.19. The molecule has 2 aliphatic rings. The number of alkyl halides is 3. The molecular weight excluding hydrogens is 497 g/mol. The number of amides is 1. The number of carbonyl (C=O) groups is 1. The van der Waals surface area contributed by atoms with Gasteiger partial charge in [0.15, 0.2) is 0 Å². The lowest BCUT2D eigenvalue weighted by Gasteiger charge is -2.44. The number of ether oxygens (including phenoxy) is 1. The number of likely N-dealkylation sites (tertiary alicyclic amines) is 1. The minimum absolute atomic E-state index is 0.0375. The van der Waals surface area contributed by atoms with Crippen molar-refractivity contribution in [3.63, 3.8) is 0 Å². The summed E-state index contributed by atoms with van der Waals surface area (Å²) in [4.78, 5) is 28.0. The van der Waals surface area contributed by atoms with Gasteiger partial charge in [0.2, 0.25) is 0 Å². The maximum atomic E-state index is 13.9. The summed E-state index contributed by atoms with van der Waals surface area (Å²) in [6.45, 7) is 2.18. The Morgan fingerprint density at radius 3 is 2.83 bits per heavy atom. The summed E-state index contributed by atoms with van der Waals surface area (Å²) in [6.07, 6.45) is -1.94. The number of fused-ring (bicyclic) bond motifs is 6. The second kappa shape index (κ2) is 8.04. The molecule has 186 valence electrons. The van der Waals surface area contributed by atoms with E-state index in [1.807, 2.05) is 6.92 Å². The van der Waals surface area contributed by atoms with Crippen molar-refractivity contribution in [1.29, 1.82) is 0 Å². The molecule has 2 N–H and O–H groups in total. The number of rotatable bonds is 1. The van der Waals surface area contributed by atoms with Crippen molar-refractivity contribution in [3.8, 4) is 0 Å². The minimum Gasteiger partial charge on any atom is -0.382 e. The molecule has 0 spiro atoms. The van der Waals surface area contributed by atoms with E-state index in [0.29, 0.717) is 53.0 Å². The summed E-state index contributed by atoms with van der Waals surface area (Å²) in [5.74, 6) is -0.0528. The van der Waals surface area contributed by atoms with Crippen LogP contribution in [0.1, 0.15) is 51.9 Å². The van der Waals surface area contributed by atoms with E-state index in [-0.39, 0.29) is 34.9 Å². The topological polar surface area (TPSA) is 98.6 Å². The molecule has 12 heteroatoms. The van der Waals surface area contributed by atoms with Crippen LogP contribution in [0.25, 0.3) is 16.6 Å². The number of nitrogens with zero attached hydrogens (tertiary/aromatic N) is 5. The van der Waals surface area contributed by atoms with E-state index in [1.54, 1.807) is 27.8 Å². The molecule has 1 fully saturated rings. The molecule has 0 bridgehead atoms. The van der Waals surface area contributed by atoms with Crippen molar-refractivity contribution in [1.82, 2.24) is 24.3 Å². The largest absolute Gasteiger partial charge is 0.433 e. The molecular formula is C24H20ClF3N6O2. The Balaban J connectivity index is 1.45. The Labute approximate surface area is 207 Å². The van der Waals surface area contributed by atoms with E-state index in [0.717, 1.165) is 6.07 Å². The van der Waals surface area contributed by atoms with Gasteiger partial charge >= 0.3 is 6.18 Å². The highest BCUT2D eigenvalue weighted by Gasteiger charge is 2.42. The average molecular weight is 517 g/mol. The van der Waals surface area contributed by atoms with Crippen LogP contribution < -0.4 is 5.73 Å². The van der Waals surface area contributed by atoms with Crippen molar-refractivity contribution in [2.75, 3.05) is 12.3 Å². The SMILES string of the molecule is Cc1ncn2c1c(N)nc1cc(Cl)c(C(=O)N3CCC[C@@H]4OCc5nc(C(F)(F)F)ccc5[C@@H]43)cc12. The molecule has 0 unspecified atom stereocenters. The van der Waals surface area contributed by atoms with Gasteiger partial charge in [0.05, 0.1) is 51.8 Å². The summed E-state index contributed by atoms with van der Waals surface area (Å²) in [6, 6.07) is 5.02. The first-order chi connectivity index (χ1) is 17.1. The number of aryl methyl sites for hydroxylation is 1. The Hall–Kier alpha value is -3.44. The molecule has 3 aromatic heterocycles. The molecule has 0 saturated carbocycles. The molecule has 1 aromatic carbocycles. The first kappa shape index (κ1) is 23.0. The van der Waals surface area contributed by atoms with Gasteiger partial charge in [0, 0.05) is 12.1 Å². The third-order valence-electron chi connectivity index (χ3n) is 6.88. The van der Waals surface area contributed by atoms with Crippen LogP contribution in [-0.2, 0) is 17.5 Å². The van der Waals surface area contributed by atoms with Crippen LogP contribution in [0.3, 0.4) is 0 Å². The van der Waals surface area contributed by atoms with Crippen LogP contribution in [0.4, 0.5) is 19.0 Å². The van der Waals surface area contributed by atoms with Crippen LogP contribution in [-0.4, -0.2) is 42.8 Å². The number of nitrogen functional groups attached to an aromatic ring is 1. The van der Waals surface area contributed by atoms with Crippen molar-refractivity contribution in [2.24, 2.45) is 0 Å². The number of hydrogen-bond donors (Lipinski definition) is 1. The zero-order chi connectivity index (χ0) is 25.4. The van der Waals surface area contributed by atoms with E-state index in [2.05, 4.69) is 15.0 Å². The summed E-state index contributed by atoms with van der Waals surface area (Å²) < 4.78 is 47.3. The number of pyridine rings is 1. The quantitative estimate of drug-likeness (QED) is 0.393. The normalized spacial score (nSPS) is 20.0. The predicted molar refractivity (Wildman–Crippen MR) is 125 cm³/mol. The van der Waals surface area contributed by atoms with E-state index in [9.17, 15) is 18.0 Å². The van der Waals surface area contributed by atoms with Gasteiger partial charge in [-0.3, -0.25) is 9.20 Å². The van der Waals surface area contributed by atoms with Crippen molar-refractivity contribution in [3.05, 3.63) is 63.8 Å². The summed E-state index contributed by atoms with van der Waals surface area (Å²) in [5.41, 5.74) is 8.57. The Kier molecular flexibility index (Phi) is 5.13. The van der Waals surface area contributed by atoms with Crippen LogP contribution in [0.15, 0.2) is 30.6 Å². The second-order valence-electron chi connectivity index (χ2n) is 9.03. The number of piperidine rings is 1. The van der Waals surface area contributed by atoms with Gasteiger partial charge in [-0.25, -0.2) is 15.0 Å². The molecule has 0 radical (unpaired) electrons. The van der Waals surface area contributed by atoms with E-state index < -0.39 is 17.9 Å². The number of aromatic nitrogens is 4. The summed E-state index contributed by atoms with van der Waals surface area (Å²) in [7, 11) is 0. The molecule has 1 saturated heterocycles. The highest BCUT2D eigenvalue weighted by Crippen LogP contribution is 2.41. The Morgan fingerprint density at radius 2 is 2.06 bits per heavy atom. The number of nitrogens with two attached hydrogens (primary N) is 1. The number of carbonyl (C=O) groups excluding carboxylic acids is 1. The van der Waals surface area contributed by atoms with Gasteiger partial charge in [0.25, 0.3) is 5.91 Å². The van der Waals surface area contributed by atoms with Crippen molar-refractivity contribution < 1.29 is 22.7 Å². The number of hydrogen-bond acceptors (Lipinski definition) is 6. The fourth-order valence-corrected chi connectivity index (χ4v) is 5.47. The molecule has 5 heterocycles. The van der Waals surface area contributed by atoms with Crippen LogP contribution in [0.2, 0.25) is 5.02 Å². The van der Waals surface area contributed by atoms with Gasteiger partial charge < -0.3 is 15.4 Å². The predicted octanol–water partition coefficient (Wildman–Crippen LogP) is 4.72. The highest BCUT2D eigenvalue weighted by molar-refractivity contribution is 6.34. The average Bonchev–Trinajstić information content (AvgIpc) is 3.24. The summed E-state index contributed by atoms with van der Waals surface area (Å²) >= 11 is 6.55. The summed E-state index contributed by atoms with van der Waals surface area (Å²) in [5, 5.41) is 0.195. The molecule has 4 aromatic rings. The minimum atomic E-state index is -4.57. The van der Waals surface area contributed by atoms with Gasteiger partial charge in [-0.15, -0.1) is 0 Å². The Bertz CT molecular complexity index is 1550. The smallest absolute Gasteiger partial charge is 0.382 e. The molecule has 2 aliphatic heterocycles. The standard InChI is InChI=1S/C24H20ClF3N6O2/c1-11-20-22(29)32-15-8-14(25)13(7-17(15)34(20)10-30-11)23(35)33-6-2-3-18-21(33)12-4-5-19(24(26,27)28)31-16(12)9-36-18/h4-5,7-8,10,18,21H,2-3,6,9H2,1H3,(H2,29,32)/t18-,21-/m0/s1. The van der Waals surface area contributed by atoms with Gasteiger partial charge in [-0.2, -0.15) is 13.2 Å². The van der Waals surface area contributed by atoms with Gasteiger partial charge in [-0.05, 0) is 38.0 Å². The number of anilines is 1. The first-order valence-electron chi connectivity index (χ1n) is 11.4. The molecule has 2 atom stereocenters. The lowest BCUT2D eigenvalue weighted by molar-refractivity contribution is -0.141. The monoisotopic (exact) mass is 516 g/mol. The zero-order valence-corrected chi connectivity index (χ0v) is 19.8. The molecule has 8 nitrogen and oxygen atoms in total. The van der Waals surface area contributed by atoms with Crippen LogP contribution >= 0.6 is 11.6 Å². The molecule has 0 aliphatic carbocycles. The third kappa shape index (κ3) is 3.48. The fourth-order valence-electron chi connectivity index (χ4n) is 5.24. The lowest BCUT2D eigenvalue weighted by Crippen LogP contribution is -2.48. The van der Waals surface area contributed by atoms with Gasteiger partial charge in [0.1, 0.15) is 23.4 Å². The lowest BCUT2D eigenvalue weighted by atomic mass is 9.88. The first-order valence-corrected chi connectivity index (χ1v) is 11.7.